The molecular formula is C62H65N11O6S3. The molecule has 1 amide bonds. The number of anilines is 4. The van der Waals surface area contributed by atoms with E-state index in [0.29, 0.717) is 45.4 Å². The van der Waals surface area contributed by atoms with E-state index in [1.807, 2.05) is 164 Å². The van der Waals surface area contributed by atoms with Crippen molar-refractivity contribution in [2.75, 3.05) is 23.7 Å². The first-order valence-corrected chi connectivity index (χ1v) is 28.7. The number of thiocarbonyl (C=S) groups is 1. The Bertz CT molecular complexity index is 3500. The predicted molar refractivity (Wildman–Crippen MR) is 332 cm³/mol. The molecule has 0 bridgehead atoms. The summed E-state index contributed by atoms with van der Waals surface area (Å²) in [6, 6.07) is 54.4. The van der Waals surface area contributed by atoms with Crippen molar-refractivity contribution in [1.29, 1.82) is 10.5 Å². The number of aromatic amines is 2. The van der Waals surface area contributed by atoms with Crippen LogP contribution in [0.4, 0.5) is 27.1 Å². The molecule has 0 unspecified atom stereocenters. The number of nitrogens with two attached hydrogens (primary N) is 3. The Labute approximate surface area is 490 Å². The molecule has 2 aliphatic rings. The number of nitrogens with one attached hydrogen (secondary N) is 4. The molecule has 422 valence electrons. The maximum absolute atomic E-state index is 12.4. The zero-order valence-electron chi connectivity index (χ0n) is 45.1. The number of rotatable bonds is 16. The molecule has 0 radical (unpaired) electrons. The summed E-state index contributed by atoms with van der Waals surface area (Å²) in [6.07, 6.45) is 13.1. The average molecular weight is 1160 g/mol. The third kappa shape index (κ3) is 21.8. The van der Waals surface area contributed by atoms with Gasteiger partial charge >= 0.3 is 0 Å². The summed E-state index contributed by atoms with van der Waals surface area (Å²) >= 11 is 6.86. The maximum Gasteiger partial charge on any atom is 0.278 e. The number of aliphatic imine (C=N–C) groups is 2. The Hall–Kier alpha value is -9.14. The molecule has 2 saturated carbocycles. The van der Waals surface area contributed by atoms with E-state index in [4.69, 9.17) is 36.2 Å². The minimum Gasteiger partial charge on any atom is -0.457 e. The Kier molecular flexibility index (Phi) is 26.3. The fraction of sp³-hybridized carbons (Fsp3) is 0.242. The molecule has 82 heavy (non-hydrogen) atoms. The number of nitriles is 2. The normalized spacial score (nSPS) is 12.8. The molecule has 2 aliphatic carbocycles. The monoisotopic (exact) mass is 1160 g/mol. The van der Waals surface area contributed by atoms with Gasteiger partial charge in [-0.05, 0) is 152 Å². The summed E-state index contributed by atoms with van der Waals surface area (Å²) < 4.78 is 22.6. The van der Waals surface area contributed by atoms with E-state index in [-0.39, 0.29) is 23.1 Å². The number of primary amides is 1. The van der Waals surface area contributed by atoms with Crippen molar-refractivity contribution in [3.63, 3.8) is 0 Å². The van der Waals surface area contributed by atoms with Gasteiger partial charge in [-0.2, -0.15) is 15.5 Å². The van der Waals surface area contributed by atoms with Crippen LogP contribution in [0, 0.1) is 34.5 Å². The first-order valence-electron chi connectivity index (χ1n) is 26.6. The minimum atomic E-state index is -0.572. The van der Waals surface area contributed by atoms with E-state index in [2.05, 4.69) is 52.5 Å². The summed E-state index contributed by atoms with van der Waals surface area (Å²) in [6.45, 7) is 1.60. The van der Waals surface area contributed by atoms with Crippen molar-refractivity contribution in [2.45, 2.75) is 70.6 Å². The van der Waals surface area contributed by atoms with E-state index in [0.717, 1.165) is 64.1 Å². The van der Waals surface area contributed by atoms with Crippen LogP contribution in [0.5, 0.6) is 34.5 Å². The molecule has 2 fully saturated rings. The lowest BCUT2D eigenvalue weighted by Crippen LogP contribution is -2.23. The molecule has 2 aromatic heterocycles. The van der Waals surface area contributed by atoms with E-state index < -0.39 is 5.91 Å². The van der Waals surface area contributed by atoms with Gasteiger partial charge < -0.3 is 42.0 Å². The molecule has 8 aromatic rings. The van der Waals surface area contributed by atoms with E-state index in [1.54, 1.807) is 12.1 Å². The first-order chi connectivity index (χ1) is 40.0. The Balaban J connectivity index is 0.000000182. The number of carbonyl (C=O) groups excluding carboxylic acids is 1. The fourth-order valence-electron chi connectivity index (χ4n) is 8.37. The number of benzene rings is 6. The number of H-pyrrole nitrogens is 2. The van der Waals surface area contributed by atoms with E-state index in [9.17, 15) is 14.4 Å². The number of isothiocyanates is 1. The van der Waals surface area contributed by atoms with Gasteiger partial charge in [0.2, 0.25) is 5.91 Å². The van der Waals surface area contributed by atoms with Gasteiger partial charge in [0.15, 0.2) is 5.56 Å². The molecule has 0 saturated heterocycles. The number of ether oxygens (including phenoxy) is 3. The maximum atomic E-state index is 12.4. The highest BCUT2D eigenvalue weighted by atomic mass is 32.1. The Morgan fingerprint density at radius 2 is 1.05 bits per heavy atom. The number of hydrogen-bond donors (Lipinski definition) is 7. The largest absolute Gasteiger partial charge is 0.457 e. The van der Waals surface area contributed by atoms with Crippen molar-refractivity contribution < 1.29 is 19.0 Å². The summed E-state index contributed by atoms with van der Waals surface area (Å²) in [5.74, 6) is 5.56. The lowest BCUT2D eigenvalue weighted by atomic mass is 9.89. The highest BCUT2D eigenvalue weighted by Crippen LogP contribution is 2.31. The SMILES string of the molecule is N#CCC(N)=O.N#Cc1c(Nc2cccc(Oc3ccccc3)c2)s[nH]c1=O.NC(=NCC1CCCCC1)c1c(Nc2cccc(Oc3ccccc3)c2)s[nH]c1=O.NCC1CCCCC1.S=C=Nc1cccc(Oc2ccccc2)c1. The third-order valence-electron chi connectivity index (χ3n) is 12.4. The zero-order chi connectivity index (χ0) is 58.2. The highest BCUT2D eigenvalue weighted by molar-refractivity contribution is 7.78. The smallest absolute Gasteiger partial charge is 0.278 e. The lowest BCUT2D eigenvalue weighted by molar-refractivity contribution is -0.117. The number of hydrogen-bond acceptors (Lipinski definition) is 16. The van der Waals surface area contributed by atoms with Gasteiger partial charge in [0.1, 0.15) is 68.4 Å². The number of amides is 1. The quantitative estimate of drug-likeness (QED) is 0.0269. The summed E-state index contributed by atoms with van der Waals surface area (Å²) in [7, 11) is 0. The fourth-order valence-corrected chi connectivity index (χ4v) is 9.95. The van der Waals surface area contributed by atoms with Crippen molar-refractivity contribution in [3.8, 4) is 46.6 Å². The van der Waals surface area contributed by atoms with Gasteiger partial charge in [0, 0.05) is 36.1 Å². The predicted octanol–water partition coefficient (Wildman–Crippen LogP) is 14.2. The second kappa shape index (κ2) is 34.8. The van der Waals surface area contributed by atoms with Gasteiger partial charge in [0.05, 0.1) is 16.9 Å². The minimum absolute atomic E-state index is 0.0828. The first kappa shape index (κ1) is 62.1. The van der Waals surface area contributed by atoms with Crippen LogP contribution in [-0.2, 0) is 4.79 Å². The number of aromatic nitrogens is 2. The number of amidine groups is 1. The summed E-state index contributed by atoms with van der Waals surface area (Å²) in [4.78, 5) is 41.8. The average Bonchev–Trinajstić information content (AvgIpc) is 4.23. The number of carbonyl (C=O) groups is 1. The molecule has 17 nitrogen and oxygen atoms in total. The number of nitrogens with zero attached hydrogens (tertiary/aromatic N) is 4. The molecular weight excluding hydrogens is 1090 g/mol. The molecule has 0 atom stereocenters. The lowest BCUT2D eigenvalue weighted by Gasteiger charge is -2.19. The van der Waals surface area contributed by atoms with Crippen LogP contribution in [-0.4, -0.2) is 38.7 Å². The number of para-hydroxylation sites is 3. The van der Waals surface area contributed by atoms with Gasteiger partial charge in [0.25, 0.3) is 11.1 Å². The Morgan fingerprint density at radius 3 is 1.50 bits per heavy atom. The van der Waals surface area contributed by atoms with Gasteiger partial charge in [-0.25, -0.2) is 0 Å². The molecule has 2 heterocycles. The second-order valence-electron chi connectivity index (χ2n) is 18.6. The zero-order valence-corrected chi connectivity index (χ0v) is 47.6. The molecule has 0 aliphatic heterocycles. The van der Waals surface area contributed by atoms with Crippen molar-refractivity contribution in [1.82, 2.24) is 8.75 Å². The summed E-state index contributed by atoms with van der Waals surface area (Å²) in [5.41, 5.74) is 18.4. The van der Waals surface area contributed by atoms with Gasteiger partial charge in [-0.3, -0.25) is 28.1 Å². The standard InChI is InChI=1S/C23H26N4O2S.C16H11N3O2S.C13H9NOS.C7H15N.C3H4N2O/c24-21(25-15-16-8-3-1-4-9-16)20-22(28)27-30-23(20)26-17-10-7-13-19(14-17)29-18-11-5-2-6-12-18;17-10-14-15(20)19-22-16(14)18-11-5-4-8-13(9-11)21-12-6-2-1-3-7-12;16-10-14-11-5-4-8-13(9-11)15-12-6-2-1-3-7-12;8-6-7-4-2-1-3-5-7;4-2-1-3(5)6/h2,5-7,10-14,16,26H,1,3-4,8-9,15H2,(H2,24,25)(H,27,28);1-9,18H,(H,19,20);1-9H;7H,1-6,8H2;1H2,(H2,5,6). The second-order valence-corrected chi connectivity index (χ2v) is 20.4. The topological polar surface area (TPSA) is 285 Å². The van der Waals surface area contributed by atoms with Crippen LogP contribution in [0.15, 0.2) is 183 Å². The molecule has 0 spiro atoms. The van der Waals surface area contributed by atoms with Crippen molar-refractivity contribution in [3.05, 3.63) is 196 Å². The van der Waals surface area contributed by atoms with E-state index >= 15 is 0 Å². The molecule has 6 aromatic carbocycles. The van der Waals surface area contributed by atoms with Crippen LogP contribution in [0.25, 0.3) is 0 Å². The van der Waals surface area contributed by atoms with Crippen molar-refractivity contribution in [2.24, 2.45) is 39.0 Å². The molecule has 10 N–H and O–H groups in total. The van der Waals surface area contributed by atoms with Gasteiger partial charge in [-0.15, -0.1) is 0 Å². The van der Waals surface area contributed by atoms with Crippen molar-refractivity contribution >= 4 is 79.3 Å². The third-order valence-corrected chi connectivity index (χ3v) is 14.1. The molecule has 20 heteroatoms. The van der Waals surface area contributed by atoms with E-state index in [1.165, 1.54) is 75.7 Å². The summed E-state index contributed by atoms with van der Waals surface area (Å²) in [5, 5.41) is 26.5. The van der Waals surface area contributed by atoms with Gasteiger partial charge in [-0.1, -0.05) is 111 Å². The van der Waals surface area contributed by atoms with Crippen LogP contribution in [0.2, 0.25) is 0 Å². The highest BCUT2D eigenvalue weighted by Gasteiger charge is 2.18. The Morgan fingerprint density at radius 1 is 0.598 bits per heavy atom. The molecule has 10 rings (SSSR count). The van der Waals surface area contributed by atoms with Crippen LogP contribution in [0.1, 0.15) is 81.8 Å². The van der Waals surface area contributed by atoms with Crippen LogP contribution in [0.3, 0.4) is 0 Å². The van der Waals surface area contributed by atoms with Crippen LogP contribution < -0.4 is 53.2 Å². The van der Waals surface area contributed by atoms with Crippen LogP contribution >= 0.6 is 35.3 Å².